The van der Waals surface area contributed by atoms with Gasteiger partial charge in [-0.2, -0.15) is 0 Å². The predicted molar refractivity (Wildman–Crippen MR) is 111 cm³/mol. The smallest absolute Gasteiger partial charge is 0.276 e. The van der Waals surface area contributed by atoms with Gasteiger partial charge in [-0.15, -0.1) is 0 Å². The molecule has 0 atom stereocenters. The van der Waals surface area contributed by atoms with Gasteiger partial charge in [-0.3, -0.25) is 29.9 Å². The number of hydrogen-bond donors (Lipinski definition) is 1. The Kier molecular flexibility index (Phi) is 5.79. The highest BCUT2D eigenvalue weighted by atomic mass is 32.1. The molecule has 29 heavy (non-hydrogen) atoms. The number of nitro groups is 1. The van der Waals surface area contributed by atoms with E-state index < -0.39 is 16.7 Å². The molecule has 0 spiro atoms. The third-order valence-corrected chi connectivity index (χ3v) is 4.39. The van der Waals surface area contributed by atoms with E-state index in [1.165, 1.54) is 36.3 Å². The number of hydrogen-bond acceptors (Lipinski definition) is 6. The second kappa shape index (κ2) is 8.44. The molecule has 146 valence electrons. The zero-order chi connectivity index (χ0) is 21.0. The fraction of sp³-hybridized carbons (Fsp3) is 0.0500. The van der Waals surface area contributed by atoms with E-state index in [9.17, 15) is 19.7 Å². The molecule has 2 aromatic rings. The molecule has 9 heteroatoms. The van der Waals surface area contributed by atoms with E-state index in [1.807, 2.05) is 0 Å². The number of amides is 2. The Bertz CT molecular complexity index is 1060. The lowest BCUT2D eigenvalue weighted by Gasteiger charge is -2.28. The highest BCUT2D eigenvalue weighted by Crippen LogP contribution is 2.24. The third kappa shape index (κ3) is 4.19. The second-order valence-corrected chi connectivity index (χ2v) is 6.24. The zero-order valence-electron chi connectivity index (χ0n) is 15.2. The van der Waals surface area contributed by atoms with Crippen molar-refractivity contribution < 1.29 is 19.2 Å². The molecule has 0 bridgehead atoms. The SMILES string of the molecule is COc1ccc(N2C(=O)/C(=C/C=C/c3ccccc3[N+](=O)[O-])C(=O)NC2=S)cc1. The first-order chi connectivity index (χ1) is 13.9. The first-order valence-electron chi connectivity index (χ1n) is 8.38. The number of para-hydroxylation sites is 1. The minimum Gasteiger partial charge on any atom is -0.497 e. The van der Waals surface area contributed by atoms with Gasteiger partial charge in [0.25, 0.3) is 17.5 Å². The Balaban J connectivity index is 1.90. The number of ether oxygens (including phenoxy) is 1. The van der Waals surface area contributed by atoms with Crippen LogP contribution in [0.2, 0.25) is 0 Å². The van der Waals surface area contributed by atoms with Crippen molar-refractivity contribution in [1.29, 1.82) is 0 Å². The Morgan fingerprint density at radius 2 is 1.83 bits per heavy atom. The number of thiocarbonyl (C=S) groups is 1. The molecule has 1 saturated heterocycles. The van der Waals surface area contributed by atoms with E-state index in [1.54, 1.807) is 42.5 Å². The van der Waals surface area contributed by atoms with Crippen molar-refractivity contribution >= 4 is 46.6 Å². The lowest BCUT2D eigenvalue weighted by molar-refractivity contribution is -0.385. The van der Waals surface area contributed by atoms with Gasteiger partial charge in [0.15, 0.2) is 5.11 Å². The molecule has 2 aromatic carbocycles. The second-order valence-electron chi connectivity index (χ2n) is 5.85. The summed E-state index contributed by atoms with van der Waals surface area (Å²) in [7, 11) is 1.52. The Hall–Kier alpha value is -3.85. The van der Waals surface area contributed by atoms with Crippen LogP contribution in [-0.4, -0.2) is 29.0 Å². The quantitative estimate of drug-likeness (QED) is 0.268. The van der Waals surface area contributed by atoms with Gasteiger partial charge >= 0.3 is 0 Å². The molecule has 8 nitrogen and oxygen atoms in total. The molecule has 0 unspecified atom stereocenters. The number of carbonyl (C=O) groups excluding carboxylic acids is 2. The van der Waals surface area contributed by atoms with E-state index in [2.05, 4.69) is 5.32 Å². The molecule has 0 aliphatic carbocycles. The number of anilines is 1. The zero-order valence-corrected chi connectivity index (χ0v) is 16.0. The lowest BCUT2D eigenvalue weighted by atomic mass is 10.1. The average molecular weight is 409 g/mol. The van der Waals surface area contributed by atoms with Crippen molar-refractivity contribution in [2.24, 2.45) is 0 Å². The van der Waals surface area contributed by atoms with Gasteiger partial charge < -0.3 is 4.74 Å². The fourth-order valence-corrected chi connectivity index (χ4v) is 2.97. The standard InChI is InChI=1S/C20H15N3O5S/c1-28-15-11-9-14(10-12-15)22-19(25)16(18(24)21-20(22)29)7-4-6-13-5-2-3-8-17(13)23(26)27/h2-12H,1H3,(H,21,24,29)/b6-4+,16-7+. The van der Waals surface area contributed by atoms with E-state index in [0.29, 0.717) is 17.0 Å². The molecule has 1 aliphatic heterocycles. The number of methoxy groups -OCH3 is 1. The van der Waals surface area contributed by atoms with E-state index in [0.717, 1.165) is 0 Å². The summed E-state index contributed by atoms with van der Waals surface area (Å²) in [6, 6.07) is 12.8. The number of nitro benzene ring substituents is 1. The number of benzene rings is 2. The van der Waals surface area contributed by atoms with Crippen LogP contribution < -0.4 is 15.0 Å². The van der Waals surface area contributed by atoms with Crippen molar-refractivity contribution in [2.45, 2.75) is 0 Å². The third-order valence-electron chi connectivity index (χ3n) is 4.10. The van der Waals surface area contributed by atoms with Crippen LogP contribution in [0, 0.1) is 10.1 Å². The number of allylic oxidation sites excluding steroid dienone is 2. The number of nitrogens with zero attached hydrogens (tertiary/aromatic N) is 2. The summed E-state index contributed by atoms with van der Waals surface area (Å²) in [5.41, 5.74) is 0.585. The van der Waals surface area contributed by atoms with Gasteiger partial charge in [-0.05, 0) is 54.7 Å². The van der Waals surface area contributed by atoms with Gasteiger partial charge in [0, 0.05) is 6.07 Å². The van der Waals surface area contributed by atoms with Crippen LogP contribution in [0.1, 0.15) is 5.56 Å². The molecular formula is C20H15N3O5S. The molecule has 3 rings (SSSR count). The number of nitrogens with one attached hydrogen (secondary N) is 1. The average Bonchev–Trinajstić information content (AvgIpc) is 2.71. The van der Waals surface area contributed by atoms with Crippen LogP contribution in [0.15, 0.2) is 66.3 Å². The lowest BCUT2D eigenvalue weighted by Crippen LogP contribution is -2.54. The number of carbonyl (C=O) groups is 2. The summed E-state index contributed by atoms with van der Waals surface area (Å²) in [5.74, 6) is -0.635. The Morgan fingerprint density at radius 1 is 1.14 bits per heavy atom. The van der Waals surface area contributed by atoms with E-state index >= 15 is 0 Å². The highest BCUT2D eigenvalue weighted by Gasteiger charge is 2.34. The van der Waals surface area contributed by atoms with Crippen LogP contribution in [0.5, 0.6) is 5.75 Å². The van der Waals surface area contributed by atoms with E-state index in [4.69, 9.17) is 17.0 Å². The Labute approximate surface area is 171 Å². The minimum atomic E-state index is -0.642. The van der Waals surface area contributed by atoms with Crippen molar-refractivity contribution in [3.05, 3.63) is 81.9 Å². The molecule has 1 heterocycles. The van der Waals surface area contributed by atoms with Crippen LogP contribution >= 0.6 is 12.2 Å². The van der Waals surface area contributed by atoms with Crippen LogP contribution in [0.3, 0.4) is 0 Å². The number of rotatable bonds is 5. The van der Waals surface area contributed by atoms with Crippen molar-refractivity contribution in [3.63, 3.8) is 0 Å². The van der Waals surface area contributed by atoms with Crippen molar-refractivity contribution in [3.8, 4) is 5.75 Å². The normalized spacial score (nSPS) is 15.7. The molecular weight excluding hydrogens is 394 g/mol. The molecule has 0 radical (unpaired) electrons. The van der Waals surface area contributed by atoms with Gasteiger partial charge in [-0.25, -0.2) is 0 Å². The summed E-state index contributed by atoms with van der Waals surface area (Å²) in [4.78, 5) is 36.9. The van der Waals surface area contributed by atoms with Gasteiger partial charge in [-0.1, -0.05) is 18.2 Å². The van der Waals surface area contributed by atoms with Gasteiger partial charge in [0.1, 0.15) is 11.3 Å². The summed E-state index contributed by atoms with van der Waals surface area (Å²) >= 11 is 5.13. The maximum Gasteiger partial charge on any atom is 0.276 e. The van der Waals surface area contributed by atoms with Crippen LogP contribution in [0.25, 0.3) is 6.08 Å². The molecule has 1 fully saturated rings. The highest BCUT2D eigenvalue weighted by molar-refractivity contribution is 7.80. The van der Waals surface area contributed by atoms with Crippen LogP contribution in [-0.2, 0) is 9.59 Å². The molecule has 1 aliphatic rings. The summed E-state index contributed by atoms with van der Waals surface area (Å²) < 4.78 is 5.10. The van der Waals surface area contributed by atoms with Gasteiger partial charge in [0.05, 0.1) is 23.3 Å². The van der Waals surface area contributed by atoms with E-state index in [-0.39, 0.29) is 16.4 Å². The van der Waals surface area contributed by atoms with Crippen LogP contribution in [0.4, 0.5) is 11.4 Å². The minimum absolute atomic E-state index is 0.0370. The Morgan fingerprint density at radius 3 is 2.48 bits per heavy atom. The topological polar surface area (TPSA) is 102 Å². The van der Waals surface area contributed by atoms with Crippen molar-refractivity contribution in [2.75, 3.05) is 12.0 Å². The molecule has 2 amide bonds. The largest absolute Gasteiger partial charge is 0.497 e. The first kappa shape index (κ1) is 19.9. The molecule has 0 saturated carbocycles. The summed E-state index contributed by atoms with van der Waals surface area (Å²) in [5, 5.41) is 13.5. The monoisotopic (exact) mass is 409 g/mol. The summed E-state index contributed by atoms with van der Waals surface area (Å²) in [6.07, 6.45) is 4.17. The predicted octanol–water partition coefficient (Wildman–Crippen LogP) is 2.99. The molecule has 0 aromatic heterocycles. The maximum absolute atomic E-state index is 12.9. The first-order valence-corrected chi connectivity index (χ1v) is 8.79. The summed E-state index contributed by atoms with van der Waals surface area (Å²) in [6.45, 7) is 0. The van der Waals surface area contributed by atoms with Gasteiger partial charge in [0.2, 0.25) is 0 Å². The molecule has 1 N–H and O–H groups in total. The van der Waals surface area contributed by atoms with Crippen molar-refractivity contribution in [1.82, 2.24) is 5.32 Å². The fourth-order valence-electron chi connectivity index (χ4n) is 2.69. The maximum atomic E-state index is 12.9.